The first-order valence-corrected chi connectivity index (χ1v) is 11.8. The van der Waals surface area contributed by atoms with Gasteiger partial charge in [-0.05, 0) is 62.3 Å². The van der Waals surface area contributed by atoms with Gasteiger partial charge in [0.25, 0.3) is 0 Å². The minimum Gasteiger partial charge on any atom is -0.348 e. The molecular formula is C26H40O2. The predicted octanol–water partition coefficient (Wildman–Crippen LogP) is 7.24. The lowest BCUT2D eigenvalue weighted by atomic mass is 9.80. The van der Waals surface area contributed by atoms with Crippen LogP contribution >= 0.6 is 0 Å². The molecule has 1 heterocycles. The van der Waals surface area contributed by atoms with Gasteiger partial charge in [0, 0.05) is 11.5 Å². The van der Waals surface area contributed by atoms with E-state index in [0.29, 0.717) is 5.92 Å². The van der Waals surface area contributed by atoms with E-state index in [0.717, 1.165) is 43.5 Å². The van der Waals surface area contributed by atoms with Crippen LogP contribution in [0.5, 0.6) is 0 Å². The summed E-state index contributed by atoms with van der Waals surface area (Å²) < 4.78 is 11.8. The van der Waals surface area contributed by atoms with Gasteiger partial charge in [0.15, 0.2) is 6.29 Å². The Morgan fingerprint density at radius 1 is 0.857 bits per heavy atom. The fourth-order valence-corrected chi connectivity index (χ4v) is 4.77. The largest absolute Gasteiger partial charge is 0.348 e. The number of ether oxygens (including phenoxy) is 2. The van der Waals surface area contributed by atoms with Crippen molar-refractivity contribution in [1.29, 1.82) is 0 Å². The molecule has 156 valence electrons. The zero-order valence-electron chi connectivity index (χ0n) is 18.1. The summed E-state index contributed by atoms with van der Waals surface area (Å²) in [6.45, 7) is 6.19. The smallest absolute Gasteiger partial charge is 0.183 e. The van der Waals surface area contributed by atoms with Gasteiger partial charge in [-0.1, -0.05) is 69.5 Å². The Morgan fingerprint density at radius 3 is 2.14 bits per heavy atom. The van der Waals surface area contributed by atoms with E-state index in [1.165, 1.54) is 56.9 Å². The molecule has 0 spiro atoms. The van der Waals surface area contributed by atoms with Gasteiger partial charge in [0.2, 0.25) is 0 Å². The number of rotatable bonds is 9. The normalized spacial score (nSPS) is 28.6. The molecule has 2 heteroatoms. The fraction of sp³-hybridized carbons (Fsp3) is 0.692. The molecule has 2 fully saturated rings. The third-order valence-electron chi connectivity index (χ3n) is 6.51. The number of allylic oxidation sites excluding steroid dienone is 2. The van der Waals surface area contributed by atoms with Crippen LogP contribution in [0.2, 0.25) is 0 Å². The van der Waals surface area contributed by atoms with Crippen molar-refractivity contribution in [2.75, 3.05) is 13.2 Å². The summed E-state index contributed by atoms with van der Waals surface area (Å²) >= 11 is 0. The van der Waals surface area contributed by atoms with Crippen molar-refractivity contribution < 1.29 is 9.47 Å². The molecule has 3 rings (SSSR count). The van der Waals surface area contributed by atoms with Gasteiger partial charge in [0.05, 0.1) is 13.2 Å². The van der Waals surface area contributed by atoms with Crippen molar-refractivity contribution in [3.8, 4) is 0 Å². The maximum absolute atomic E-state index is 5.92. The average molecular weight is 385 g/mol. The minimum atomic E-state index is -0.176. The van der Waals surface area contributed by atoms with Gasteiger partial charge in [-0.15, -0.1) is 0 Å². The van der Waals surface area contributed by atoms with Crippen LogP contribution in [0.25, 0.3) is 0 Å². The molecule has 0 bridgehead atoms. The van der Waals surface area contributed by atoms with Crippen LogP contribution in [-0.2, 0) is 15.9 Å². The highest BCUT2D eigenvalue weighted by atomic mass is 16.7. The first-order chi connectivity index (χ1) is 13.8. The fourth-order valence-electron chi connectivity index (χ4n) is 4.77. The van der Waals surface area contributed by atoms with Crippen LogP contribution in [0.1, 0.15) is 89.1 Å². The Labute approximate surface area is 172 Å². The molecule has 1 aromatic carbocycles. The molecule has 28 heavy (non-hydrogen) atoms. The van der Waals surface area contributed by atoms with Gasteiger partial charge in [-0.2, -0.15) is 0 Å². The molecule has 1 aliphatic heterocycles. The lowest BCUT2D eigenvalue weighted by Crippen LogP contribution is -2.26. The van der Waals surface area contributed by atoms with Crippen molar-refractivity contribution in [2.45, 2.75) is 84.3 Å². The van der Waals surface area contributed by atoms with Crippen LogP contribution < -0.4 is 0 Å². The lowest BCUT2D eigenvalue weighted by Gasteiger charge is -2.29. The Kier molecular flexibility index (Phi) is 9.08. The molecule has 0 amide bonds. The first kappa shape index (κ1) is 21.6. The van der Waals surface area contributed by atoms with Crippen molar-refractivity contribution in [3.63, 3.8) is 0 Å². The number of aryl methyl sites for hydroxylation is 1. The van der Waals surface area contributed by atoms with Gasteiger partial charge < -0.3 is 9.47 Å². The summed E-state index contributed by atoms with van der Waals surface area (Å²) in [4.78, 5) is 0. The number of hydrogen-bond donors (Lipinski definition) is 0. The maximum atomic E-state index is 5.92. The zero-order valence-corrected chi connectivity index (χ0v) is 18.1. The van der Waals surface area contributed by atoms with Gasteiger partial charge in [0.1, 0.15) is 0 Å². The van der Waals surface area contributed by atoms with E-state index in [9.17, 15) is 0 Å². The van der Waals surface area contributed by atoms with Crippen LogP contribution in [-0.4, -0.2) is 13.2 Å². The Balaban J connectivity index is 1.36. The van der Waals surface area contributed by atoms with Crippen molar-refractivity contribution in [2.24, 2.45) is 17.8 Å². The molecule has 0 aromatic heterocycles. The second-order valence-corrected chi connectivity index (χ2v) is 8.93. The van der Waals surface area contributed by atoms with Gasteiger partial charge >= 0.3 is 0 Å². The Bertz CT molecular complexity index is 561. The van der Waals surface area contributed by atoms with Gasteiger partial charge in [-0.3, -0.25) is 0 Å². The first-order valence-electron chi connectivity index (χ1n) is 11.8. The van der Waals surface area contributed by atoms with E-state index in [4.69, 9.17) is 9.47 Å². The van der Waals surface area contributed by atoms with Crippen LogP contribution in [0.4, 0.5) is 0 Å². The molecule has 0 atom stereocenters. The molecule has 1 aliphatic carbocycles. The monoisotopic (exact) mass is 384 g/mol. The van der Waals surface area contributed by atoms with Gasteiger partial charge in [-0.25, -0.2) is 0 Å². The number of hydrogen-bond acceptors (Lipinski definition) is 2. The molecule has 2 nitrogen and oxygen atoms in total. The van der Waals surface area contributed by atoms with Crippen LogP contribution in [0, 0.1) is 17.8 Å². The predicted molar refractivity (Wildman–Crippen MR) is 117 cm³/mol. The Morgan fingerprint density at radius 2 is 1.50 bits per heavy atom. The topological polar surface area (TPSA) is 18.5 Å². The highest BCUT2D eigenvalue weighted by Gasteiger charge is 2.23. The summed E-state index contributed by atoms with van der Waals surface area (Å²) in [6.07, 6.45) is 17.8. The van der Waals surface area contributed by atoms with Crippen LogP contribution in [0.15, 0.2) is 36.4 Å². The molecule has 1 saturated carbocycles. The average Bonchev–Trinajstić information content (AvgIpc) is 2.74. The van der Waals surface area contributed by atoms with E-state index < -0.39 is 0 Å². The summed E-state index contributed by atoms with van der Waals surface area (Å²) in [7, 11) is 0. The number of benzene rings is 1. The van der Waals surface area contributed by atoms with Crippen molar-refractivity contribution in [3.05, 3.63) is 47.5 Å². The van der Waals surface area contributed by atoms with Crippen LogP contribution in [0.3, 0.4) is 0 Å². The molecule has 1 aromatic rings. The summed E-state index contributed by atoms with van der Waals surface area (Å²) in [5.41, 5.74) is 2.55. The Hall–Kier alpha value is -1.12. The SMILES string of the molecule is CCCC1CCC(C=CCCc2ccc(C3OCC(CCC)CO3)cc2)CC1. The highest BCUT2D eigenvalue weighted by Crippen LogP contribution is 2.32. The molecule has 2 aliphatic rings. The summed E-state index contributed by atoms with van der Waals surface area (Å²) in [5, 5.41) is 0. The standard InChI is InChI=1S/C26H40O2/c1-3-7-21-11-13-22(14-12-21)9-5-6-10-23-15-17-25(18-16-23)26-27-19-24(8-4-2)20-28-26/h5,9,15-18,21-22,24,26H,3-4,6-8,10-14,19-20H2,1-2H3. The third-order valence-corrected chi connectivity index (χ3v) is 6.51. The van der Waals surface area contributed by atoms with E-state index in [-0.39, 0.29) is 6.29 Å². The zero-order chi connectivity index (χ0) is 19.6. The molecule has 0 radical (unpaired) electrons. The molecule has 1 saturated heterocycles. The minimum absolute atomic E-state index is 0.176. The molecule has 0 N–H and O–H groups in total. The van der Waals surface area contributed by atoms with E-state index in [1.54, 1.807) is 0 Å². The van der Waals surface area contributed by atoms with Crippen molar-refractivity contribution >= 4 is 0 Å². The second-order valence-electron chi connectivity index (χ2n) is 8.93. The van der Waals surface area contributed by atoms with E-state index in [1.807, 2.05) is 0 Å². The summed E-state index contributed by atoms with van der Waals surface area (Å²) in [5.74, 6) is 2.39. The highest BCUT2D eigenvalue weighted by molar-refractivity contribution is 5.24. The van der Waals surface area contributed by atoms with Crippen molar-refractivity contribution in [1.82, 2.24) is 0 Å². The van der Waals surface area contributed by atoms with E-state index in [2.05, 4.69) is 50.3 Å². The molecule has 0 unspecified atom stereocenters. The second kappa shape index (κ2) is 11.8. The molecular weight excluding hydrogens is 344 g/mol. The lowest BCUT2D eigenvalue weighted by molar-refractivity contribution is -0.206. The quantitative estimate of drug-likeness (QED) is 0.418. The third kappa shape index (κ3) is 6.74. The summed E-state index contributed by atoms with van der Waals surface area (Å²) in [6, 6.07) is 8.84. The van der Waals surface area contributed by atoms with E-state index >= 15 is 0 Å². The maximum Gasteiger partial charge on any atom is 0.183 e.